The van der Waals surface area contributed by atoms with Crippen LogP contribution in [-0.4, -0.2) is 11.6 Å². The Bertz CT molecular complexity index is 201. The lowest BCUT2D eigenvalue weighted by molar-refractivity contribution is -0.119. The monoisotopic (exact) mass is 154 g/mol. The largest absolute Gasteiger partial charge is 0.273 e. The quantitative estimate of drug-likeness (QED) is 0.607. The summed E-state index contributed by atoms with van der Waals surface area (Å²) in [5.41, 5.74) is 3.64. The third-order valence-corrected chi connectivity index (χ3v) is 1.44. The summed E-state index contributed by atoms with van der Waals surface area (Å²) >= 11 is 0. The minimum absolute atomic E-state index is 0.0178. The van der Waals surface area contributed by atoms with Gasteiger partial charge in [-0.05, 0) is 11.8 Å². The normalized spacial score (nSPS) is 18.1. The summed E-state index contributed by atoms with van der Waals surface area (Å²) in [6.45, 7) is 6.41. The van der Waals surface area contributed by atoms with Crippen molar-refractivity contribution >= 4 is 11.6 Å². The van der Waals surface area contributed by atoms with Crippen LogP contribution in [0, 0.1) is 5.41 Å². The number of hydrogen-bond donors (Lipinski definition) is 1. The van der Waals surface area contributed by atoms with Crippen molar-refractivity contribution in [1.29, 1.82) is 0 Å². The molecule has 3 heteroatoms. The van der Waals surface area contributed by atoms with E-state index in [1.165, 1.54) is 0 Å². The zero-order valence-corrected chi connectivity index (χ0v) is 7.27. The molecule has 0 aliphatic carbocycles. The predicted molar refractivity (Wildman–Crippen MR) is 44.3 cm³/mol. The number of amides is 1. The first kappa shape index (κ1) is 8.24. The van der Waals surface area contributed by atoms with Crippen molar-refractivity contribution in [2.24, 2.45) is 10.5 Å². The molecule has 1 rings (SSSR count). The van der Waals surface area contributed by atoms with E-state index in [4.69, 9.17) is 0 Å². The fraction of sp³-hybridized carbons (Fsp3) is 0.750. The topological polar surface area (TPSA) is 41.5 Å². The summed E-state index contributed by atoms with van der Waals surface area (Å²) in [6.07, 6.45) is 1.38. The lowest BCUT2D eigenvalue weighted by atomic mass is 9.89. The molecule has 62 valence electrons. The lowest BCUT2D eigenvalue weighted by Gasteiger charge is -2.16. The number of hydrazone groups is 1. The molecule has 0 spiro atoms. The van der Waals surface area contributed by atoms with Gasteiger partial charge in [-0.2, -0.15) is 5.10 Å². The maximum absolute atomic E-state index is 10.7. The molecule has 11 heavy (non-hydrogen) atoms. The molecule has 0 aromatic heterocycles. The smallest absolute Gasteiger partial charge is 0.245 e. The van der Waals surface area contributed by atoms with Gasteiger partial charge >= 0.3 is 0 Å². The molecule has 0 aromatic rings. The van der Waals surface area contributed by atoms with Crippen LogP contribution in [0.15, 0.2) is 5.10 Å². The van der Waals surface area contributed by atoms with Crippen molar-refractivity contribution in [3.05, 3.63) is 0 Å². The standard InChI is InChI=1S/C8H14N2O/c1-8(2,3)5-6-4-7(11)10-9-6/h4-5H2,1-3H3,(H,10,11). The molecule has 0 radical (unpaired) electrons. The van der Waals surface area contributed by atoms with Gasteiger partial charge in [-0.25, -0.2) is 5.43 Å². The first-order chi connectivity index (χ1) is 4.97. The Kier molecular flexibility index (Phi) is 1.98. The molecule has 1 amide bonds. The molecule has 0 aromatic carbocycles. The van der Waals surface area contributed by atoms with Crippen LogP contribution in [0.25, 0.3) is 0 Å². The van der Waals surface area contributed by atoms with E-state index >= 15 is 0 Å². The van der Waals surface area contributed by atoms with Crippen LogP contribution >= 0.6 is 0 Å². The van der Waals surface area contributed by atoms with Crippen LogP contribution in [0.3, 0.4) is 0 Å². The summed E-state index contributed by atoms with van der Waals surface area (Å²) in [5, 5.41) is 3.92. The second-order valence-corrected chi connectivity index (χ2v) is 4.13. The minimum atomic E-state index is 0.0178. The lowest BCUT2D eigenvalue weighted by Crippen LogP contribution is -2.12. The molecular weight excluding hydrogens is 140 g/mol. The van der Waals surface area contributed by atoms with E-state index in [0.717, 1.165) is 12.1 Å². The summed E-state index contributed by atoms with van der Waals surface area (Å²) < 4.78 is 0. The van der Waals surface area contributed by atoms with Gasteiger partial charge < -0.3 is 0 Å². The Morgan fingerprint density at radius 1 is 1.55 bits per heavy atom. The van der Waals surface area contributed by atoms with Crippen molar-refractivity contribution in [1.82, 2.24) is 5.43 Å². The second kappa shape index (κ2) is 2.64. The van der Waals surface area contributed by atoms with Gasteiger partial charge in [0.15, 0.2) is 0 Å². The Balaban J connectivity index is 2.46. The number of carbonyl (C=O) groups is 1. The molecule has 0 saturated carbocycles. The summed E-state index contributed by atoms with van der Waals surface area (Å²) in [7, 11) is 0. The Morgan fingerprint density at radius 3 is 2.55 bits per heavy atom. The van der Waals surface area contributed by atoms with E-state index in [0.29, 0.717) is 6.42 Å². The van der Waals surface area contributed by atoms with Gasteiger partial charge in [0.25, 0.3) is 0 Å². The Labute approximate surface area is 66.9 Å². The molecule has 0 fully saturated rings. The maximum atomic E-state index is 10.7. The predicted octanol–water partition coefficient (Wildman–Crippen LogP) is 1.30. The van der Waals surface area contributed by atoms with E-state index in [2.05, 4.69) is 31.3 Å². The van der Waals surface area contributed by atoms with E-state index < -0.39 is 0 Å². The van der Waals surface area contributed by atoms with Gasteiger partial charge in [-0.1, -0.05) is 20.8 Å². The highest BCUT2D eigenvalue weighted by atomic mass is 16.2. The molecule has 1 aliphatic rings. The SMILES string of the molecule is CC(C)(C)CC1=NNC(=O)C1. The van der Waals surface area contributed by atoms with Crippen LogP contribution in [-0.2, 0) is 4.79 Å². The third kappa shape index (κ3) is 2.70. The van der Waals surface area contributed by atoms with Crippen molar-refractivity contribution in [2.45, 2.75) is 33.6 Å². The maximum Gasteiger partial charge on any atom is 0.245 e. The number of rotatable bonds is 1. The van der Waals surface area contributed by atoms with Crippen molar-refractivity contribution in [3.8, 4) is 0 Å². The molecule has 1 heterocycles. The van der Waals surface area contributed by atoms with Crippen LogP contribution in [0.2, 0.25) is 0 Å². The second-order valence-electron chi connectivity index (χ2n) is 4.13. The number of nitrogens with zero attached hydrogens (tertiary/aromatic N) is 1. The Hall–Kier alpha value is -0.860. The number of hydrogen-bond acceptors (Lipinski definition) is 2. The first-order valence-electron chi connectivity index (χ1n) is 3.82. The van der Waals surface area contributed by atoms with E-state index in [-0.39, 0.29) is 11.3 Å². The molecule has 0 atom stereocenters. The van der Waals surface area contributed by atoms with Gasteiger partial charge in [0.1, 0.15) is 0 Å². The summed E-state index contributed by atoms with van der Waals surface area (Å²) in [5.74, 6) is 0.0178. The van der Waals surface area contributed by atoms with Gasteiger partial charge in [-0.3, -0.25) is 4.79 Å². The van der Waals surface area contributed by atoms with Crippen molar-refractivity contribution in [3.63, 3.8) is 0 Å². The van der Waals surface area contributed by atoms with Gasteiger partial charge in [0.2, 0.25) is 5.91 Å². The van der Waals surface area contributed by atoms with E-state index in [9.17, 15) is 4.79 Å². The molecule has 1 N–H and O–H groups in total. The van der Waals surface area contributed by atoms with E-state index in [1.54, 1.807) is 0 Å². The first-order valence-corrected chi connectivity index (χ1v) is 3.82. The molecule has 0 bridgehead atoms. The van der Waals surface area contributed by atoms with Crippen LogP contribution in [0.5, 0.6) is 0 Å². The highest BCUT2D eigenvalue weighted by molar-refractivity contribution is 6.05. The van der Waals surface area contributed by atoms with Gasteiger partial charge in [-0.15, -0.1) is 0 Å². The van der Waals surface area contributed by atoms with Crippen LogP contribution < -0.4 is 5.43 Å². The summed E-state index contributed by atoms with van der Waals surface area (Å²) in [4.78, 5) is 10.7. The zero-order valence-electron chi connectivity index (χ0n) is 7.27. The van der Waals surface area contributed by atoms with Crippen molar-refractivity contribution in [2.75, 3.05) is 0 Å². The van der Waals surface area contributed by atoms with Gasteiger partial charge in [0.05, 0.1) is 6.42 Å². The summed E-state index contributed by atoms with van der Waals surface area (Å²) in [6, 6.07) is 0. The molecule has 3 nitrogen and oxygen atoms in total. The number of carbonyl (C=O) groups excluding carboxylic acids is 1. The van der Waals surface area contributed by atoms with Crippen molar-refractivity contribution < 1.29 is 4.79 Å². The molecule has 1 aliphatic heterocycles. The fourth-order valence-corrected chi connectivity index (χ4v) is 1.12. The average Bonchev–Trinajstić information content (AvgIpc) is 2.10. The van der Waals surface area contributed by atoms with Crippen LogP contribution in [0.4, 0.5) is 0 Å². The highest BCUT2D eigenvalue weighted by Gasteiger charge is 2.20. The molecule has 0 saturated heterocycles. The van der Waals surface area contributed by atoms with Gasteiger partial charge in [0, 0.05) is 5.71 Å². The number of nitrogens with one attached hydrogen (secondary N) is 1. The Morgan fingerprint density at radius 2 is 2.18 bits per heavy atom. The van der Waals surface area contributed by atoms with Crippen LogP contribution in [0.1, 0.15) is 33.6 Å². The van der Waals surface area contributed by atoms with E-state index in [1.807, 2.05) is 0 Å². The zero-order chi connectivity index (χ0) is 8.48. The highest BCUT2D eigenvalue weighted by Crippen LogP contribution is 2.21. The average molecular weight is 154 g/mol. The minimum Gasteiger partial charge on any atom is -0.273 e. The molecule has 0 unspecified atom stereocenters. The third-order valence-electron chi connectivity index (χ3n) is 1.44. The molecular formula is C8H14N2O. The fourth-order valence-electron chi connectivity index (χ4n) is 1.12.